The average molecular weight is 322 g/mol. The van der Waals surface area contributed by atoms with E-state index in [1.54, 1.807) is 4.90 Å². The van der Waals surface area contributed by atoms with E-state index in [0.29, 0.717) is 32.2 Å². The molecule has 2 heterocycles. The number of aliphatic imine (C=N–C) groups is 1. The fraction of sp³-hybridized carbons (Fsp3) is 0.667. The number of nitrogens with zero attached hydrogens (tertiary/aromatic N) is 3. The second-order valence-electron chi connectivity index (χ2n) is 5.72. The van der Waals surface area contributed by atoms with Gasteiger partial charge in [-0.15, -0.1) is 0 Å². The number of carbonyl (C=O) groups excluding carboxylic acids is 1. The van der Waals surface area contributed by atoms with E-state index < -0.39 is 0 Å². The molecule has 8 heteroatoms. The molecule has 1 aromatic heterocycles. The number of piperidine rings is 1. The summed E-state index contributed by atoms with van der Waals surface area (Å²) in [6, 6.07) is 0.232. The van der Waals surface area contributed by atoms with Crippen LogP contribution in [0.15, 0.2) is 4.99 Å². The van der Waals surface area contributed by atoms with Gasteiger partial charge in [-0.25, -0.2) is 9.79 Å². The van der Waals surface area contributed by atoms with Crippen LogP contribution in [0.1, 0.15) is 36.7 Å². The summed E-state index contributed by atoms with van der Waals surface area (Å²) in [6.45, 7) is 7.99. The predicted molar refractivity (Wildman–Crippen MR) is 88.1 cm³/mol. The van der Waals surface area contributed by atoms with Gasteiger partial charge in [0.05, 0.1) is 18.8 Å². The lowest BCUT2D eigenvalue weighted by atomic mass is 10.1. The van der Waals surface area contributed by atoms with E-state index in [-0.39, 0.29) is 12.1 Å². The van der Waals surface area contributed by atoms with Gasteiger partial charge in [-0.05, 0) is 33.6 Å². The maximum absolute atomic E-state index is 11.7. The average Bonchev–Trinajstić information content (AvgIpc) is 2.85. The summed E-state index contributed by atoms with van der Waals surface area (Å²) < 4.78 is 5.01. The fourth-order valence-electron chi connectivity index (χ4n) is 2.65. The fourth-order valence-corrected chi connectivity index (χ4v) is 2.65. The number of hydrogen-bond acceptors (Lipinski definition) is 4. The summed E-state index contributed by atoms with van der Waals surface area (Å²) in [5.74, 6) is 0.430. The monoisotopic (exact) mass is 322 g/mol. The standard InChI is InChI=1S/C15H26N6O2/c1-4-23-15(22)21-7-5-12(6-8-21)18-14(16)17-9-13-10(2)19-20-11(13)3/h12H,4-9H2,1-3H3,(H,19,20)(H3,16,17,18). The van der Waals surface area contributed by atoms with Crippen LogP contribution in [0, 0.1) is 13.8 Å². The lowest BCUT2D eigenvalue weighted by molar-refractivity contribution is 0.0963. The van der Waals surface area contributed by atoms with Crippen molar-refractivity contribution in [2.75, 3.05) is 19.7 Å². The minimum Gasteiger partial charge on any atom is -0.450 e. The summed E-state index contributed by atoms with van der Waals surface area (Å²) in [4.78, 5) is 17.8. The van der Waals surface area contributed by atoms with Gasteiger partial charge < -0.3 is 20.7 Å². The lowest BCUT2D eigenvalue weighted by Gasteiger charge is -2.31. The molecule has 1 amide bonds. The van der Waals surface area contributed by atoms with E-state index in [2.05, 4.69) is 20.5 Å². The number of nitrogens with one attached hydrogen (secondary N) is 2. The van der Waals surface area contributed by atoms with Crippen molar-refractivity contribution in [3.8, 4) is 0 Å². The van der Waals surface area contributed by atoms with Crippen molar-refractivity contribution in [3.63, 3.8) is 0 Å². The van der Waals surface area contributed by atoms with Gasteiger partial charge in [-0.3, -0.25) is 5.10 Å². The van der Waals surface area contributed by atoms with E-state index in [1.165, 1.54) is 0 Å². The molecular formula is C15H26N6O2. The molecular weight excluding hydrogens is 296 g/mol. The van der Waals surface area contributed by atoms with Crippen molar-refractivity contribution >= 4 is 12.1 Å². The molecule has 0 spiro atoms. The van der Waals surface area contributed by atoms with E-state index >= 15 is 0 Å². The van der Waals surface area contributed by atoms with Crippen LogP contribution in [0.25, 0.3) is 0 Å². The molecule has 0 aliphatic carbocycles. The Labute approximate surface area is 136 Å². The summed E-state index contributed by atoms with van der Waals surface area (Å²) >= 11 is 0. The van der Waals surface area contributed by atoms with Gasteiger partial charge >= 0.3 is 6.09 Å². The number of nitrogens with two attached hydrogens (primary N) is 1. The summed E-state index contributed by atoms with van der Waals surface area (Å²) in [6.07, 6.45) is 1.43. The number of aromatic nitrogens is 2. The van der Waals surface area contributed by atoms with Crippen molar-refractivity contribution in [3.05, 3.63) is 17.0 Å². The molecule has 2 rings (SSSR count). The largest absolute Gasteiger partial charge is 0.450 e. The number of aryl methyl sites for hydroxylation is 2. The SMILES string of the molecule is CCOC(=O)N1CCC(NC(N)=NCc2c(C)n[nH]c2C)CC1. The second-order valence-corrected chi connectivity index (χ2v) is 5.72. The third-order valence-corrected chi connectivity index (χ3v) is 4.06. The highest BCUT2D eigenvalue weighted by molar-refractivity contribution is 5.78. The molecule has 0 aromatic carbocycles. The number of ether oxygens (including phenoxy) is 1. The smallest absolute Gasteiger partial charge is 0.409 e. The Kier molecular flexibility index (Phi) is 5.84. The third kappa shape index (κ3) is 4.61. The summed E-state index contributed by atoms with van der Waals surface area (Å²) in [5.41, 5.74) is 9.00. The third-order valence-electron chi connectivity index (χ3n) is 4.06. The Morgan fingerprint density at radius 3 is 2.74 bits per heavy atom. The Hall–Kier alpha value is -2.25. The number of carbonyl (C=O) groups is 1. The Balaban J connectivity index is 1.79. The Morgan fingerprint density at radius 2 is 2.17 bits per heavy atom. The molecule has 1 aromatic rings. The van der Waals surface area contributed by atoms with Gasteiger partial charge in [0.15, 0.2) is 5.96 Å². The number of guanidine groups is 1. The van der Waals surface area contributed by atoms with Crippen LogP contribution < -0.4 is 11.1 Å². The number of amides is 1. The highest BCUT2D eigenvalue weighted by atomic mass is 16.6. The van der Waals surface area contributed by atoms with E-state index in [4.69, 9.17) is 10.5 Å². The van der Waals surface area contributed by atoms with E-state index in [9.17, 15) is 4.79 Å². The highest BCUT2D eigenvalue weighted by Crippen LogP contribution is 2.12. The first-order valence-corrected chi connectivity index (χ1v) is 7.99. The quantitative estimate of drug-likeness (QED) is 0.567. The first kappa shape index (κ1) is 17.1. The number of hydrogen-bond donors (Lipinski definition) is 3. The van der Waals surface area contributed by atoms with Gasteiger partial charge in [0.1, 0.15) is 0 Å². The van der Waals surface area contributed by atoms with Crippen LogP contribution >= 0.6 is 0 Å². The molecule has 4 N–H and O–H groups in total. The summed E-state index contributed by atoms with van der Waals surface area (Å²) in [7, 11) is 0. The Morgan fingerprint density at radius 1 is 1.48 bits per heavy atom. The summed E-state index contributed by atoms with van der Waals surface area (Å²) in [5, 5.41) is 10.3. The number of rotatable bonds is 4. The molecule has 23 heavy (non-hydrogen) atoms. The molecule has 0 unspecified atom stereocenters. The molecule has 0 atom stereocenters. The molecule has 1 saturated heterocycles. The van der Waals surface area contributed by atoms with E-state index in [1.807, 2.05) is 20.8 Å². The van der Waals surface area contributed by atoms with Gasteiger partial charge in [0.25, 0.3) is 0 Å². The zero-order valence-electron chi connectivity index (χ0n) is 14.1. The molecule has 0 radical (unpaired) electrons. The predicted octanol–water partition coefficient (Wildman–Crippen LogP) is 1.05. The molecule has 1 fully saturated rings. The molecule has 8 nitrogen and oxygen atoms in total. The van der Waals surface area contributed by atoms with Crippen LogP contribution in [0.4, 0.5) is 4.79 Å². The van der Waals surface area contributed by atoms with Crippen molar-refractivity contribution in [2.24, 2.45) is 10.7 Å². The topological polar surface area (TPSA) is 109 Å². The van der Waals surface area contributed by atoms with E-state index in [0.717, 1.165) is 29.8 Å². The molecule has 128 valence electrons. The zero-order valence-corrected chi connectivity index (χ0v) is 14.1. The Bertz CT molecular complexity index is 541. The van der Waals surface area contributed by atoms with Crippen LogP contribution in [0.3, 0.4) is 0 Å². The maximum atomic E-state index is 11.7. The lowest BCUT2D eigenvalue weighted by Crippen LogP contribution is -2.48. The minimum atomic E-state index is -0.238. The number of likely N-dealkylation sites (tertiary alicyclic amines) is 1. The molecule has 1 aliphatic heterocycles. The molecule has 0 saturated carbocycles. The van der Waals surface area contributed by atoms with Crippen LogP contribution in [-0.4, -0.2) is 52.9 Å². The van der Waals surface area contributed by atoms with Crippen LogP contribution in [0.2, 0.25) is 0 Å². The highest BCUT2D eigenvalue weighted by Gasteiger charge is 2.23. The van der Waals surface area contributed by atoms with Gasteiger partial charge in [0.2, 0.25) is 0 Å². The number of H-pyrrole nitrogens is 1. The van der Waals surface area contributed by atoms with Crippen LogP contribution in [0.5, 0.6) is 0 Å². The van der Waals surface area contributed by atoms with Gasteiger partial charge in [0, 0.05) is 30.4 Å². The van der Waals surface area contributed by atoms with Crippen molar-refractivity contribution in [2.45, 2.75) is 46.2 Å². The number of aromatic amines is 1. The van der Waals surface area contributed by atoms with Gasteiger partial charge in [-0.1, -0.05) is 0 Å². The maximum Gasteiger partial charge on any atom is 0.409 e. The van der Waals surface area contributed by atoms with Crippen molar-refractivity contribution in [1.82, 2.24) is 20.4 Å². The first-order chi connectivity index (χ1) is 11.0. The zero-order chi connectivity index (χ0) is 16.8. The minimum absolute atomic E-state index is 0.232. The van der Waals surface area contributed by atoms with Crippen molar-refractivity contribution in [1.29, 1.82) is 0 Å². The van der Waals surface area contributed by atoms with Crippen molar-refractivity contribution < 1.29 is 9.53 Å². The van der Waals surface area contributed by atoms with Crippen LogP contribution in [-0.2, 0) is 11.3 Å². The molecule has 1 aliphatic rings. The van der Waals surface area contributed by atoms with Gasteiger partial charge in [-0.2, -0.15) is 5.10 Å². The molecule has 0 bridgehead atoms. The first-order valence-electron chi connectivity index (χ1n) is 7.99. The second kappa shape index (κ2) is 7.85. The normalized spacial score (nSPS) is 16.5.